The first kappa shape index (κ1) is 28.1. The van der Waals surface area contributed by atoms with E-state index in [0.29, 0.717) is 36.6 Å². The van der Waals surface area contributed by atoms with Crippen molar-refractivity contribution in [2.24, 2.45) is 5.92 Å². The number of rotatable bonds is 12. The lowest BCUT2D eigenvalue weighted by atomic mass is 10.0. The van der Waals surface area contributed by atoms with Gasteiger partial charge in [0.1, 0.15) is 23.1 Å². The normalized spacial score (nSPS) is 12.2. The van der Waals surface area contributed by atoms with Crippen LogP contribution in [0.4, 0.5) is 5.69 Å². The van der Waals surface area contributed by atoms with E-state index in [1.165, 1.54) is 0 Å². The number of nitrogens with zero attached hydrogens (tertiary/aromatic N) is 1. The number of anilines is 1. The van der Waals surface area contributed by atoms with Crippen molar-refractivity contribution >= 4 is 17.6 Å². The zero-order chi connectivity index (χ0) is 26.0. The third-order valence-electron chi connectivity index (χ3n) is 5.00. The molecule has 1 amide bonds. The van der Waals surface area contributed by atoms with E-state index in [-0.39, 0.29) is 25.0 Å². The number of esters is 1. The molecule has 35 heavy (non-hydrogen) atoms. The summed E-state index contributed by atoms with van der Waals surface area (Å²) in [6, 6.07) is 13.3. The molecule has 3 N–H and O–H groups in total. The SMILES string of the molecule is CC(C)C[C@H](NC(=O)c1ccc(Oc2ccc(N(CCO)CCO)cc2)cc1)C(=O)OC(C)(C)C. The number of hydrogen-bond donors (Lipinski definition) is 3. The number of benzene rings is 2. The fourth-order valence-corrected chi connectivity index (χ4v) is 3.45. The Bertz CT molecular complexity index is 930. The minimum atomic E-state index is -0.729. The van der Waals surface area contributed by atoms with Gasteiger partial charge >= 0.3 is 5.97 Å². The number of carbonyl (C=O) groups is 2. The minimum absolute atomic E-state index is 0.00579. The standard InChI is InChI=1S/C27H38N2O6/c1-19(2)18-24(26(33)35-27(3,4)5)28-25(32)20-6-10-22(11-7-20)34-23-12-8-21(9-13-23)29(14-16-30)15-17-31/h6-13,19,24,30-31H,14-18H2,1-5H3,(H,28,32)/t24-/m0/s1. The highest BCUT2D eigenvalue weighted by Gasteiger charge is 2.27. The maximum absolute atomic E-state index is 12.8. The van der Waals surface area contributed by atoms with Crippen LogP contribution in [0.2, 0.25) is 0 Å². The van der Waals surface area contributed by atoms with Crippen molar-refractivity contribution in [1.82, 2.24) is 5.32 Å². The first-order valence-electron chi connectivity index (χ1n) is 11.9. The Balaban J connectivity index is 2.03. The van der Waals surface area contributed by atoms with Crippen LogP contribution in [-0.2, 0) is 9.53 Å². The quantitative estimate of drug-likeness (QED) is 0.392. The maximum atomic E-state index is 12.8. The van der Waals surface area contributed by atoms with Gasteiger partial charge in [0.15, 0.2) is 0 Å². The average Bonchev–Trinajstić information content (AvgIpc) is 2.78. The highest BCUT2D eigenvalue weighted by molar-refractivity contribution is 5.96. The van der Waals surface area contributed by atoms with Crippen molar-refractivity contribution in [3.63, 3.8) is 0 Å². The first-order valence-corrected chi connectivity index (χ1v) is 11.9. The van der Waals surface area contributed by atoms with Gasteiger partial charge < -0.3 is 29.9 Å². The van der Waals surface area contributed by atoms with Crippen LogP contribution in [-0.4, -0.2) is 60.0 Å². The Morgan fingerprint density at radius 2 is 1.43 bits per heavy atom. The van der Waals surface area contributed by atoms with E-state index in [0.717, 1.165) is 5.69 Å². The summed E-state index contributed by atoms with van der Waals surface area (Å²) in [6.45, 7) is 10.2. The molecule has 0 fully saturated rings. The smallest absolute Gasteiger partial charge is 0.329 e. The summed E-state index contributed by atoms with van der Waals surface area (Å²) in [6.07, 6.45) is 0.478. The van der Waals surface area contributed by atoms with Gasteiger partial charge in [-0.15, -0.1) is 0 Å². The molecular formula is C27H38N2O6. The van der Waals surface area contributed by atoms with Crippen LogP contribution in [0.1, 0.15) is 51.4 Å². The van der Waals surface area contributed by atoms with E-state index in [4.69, 9.17) is 9.47 Å². The highest BCUT2D eigenvalue weighted by Crippen LogP contribution is 2.25. The van der Waals surface area contributed by atoms with Crippen molar-refractivity contribution in [2.45, 2.75) is 52.7 Å². The molecule has 0 aliphatic rings. The number of ether oxygens (including phenoxy) is 2. The summed E-state index contributed by atoms with van der Waals surface area (Å²) in [5.41, 5.74) is 0.645. The molecule has 0 aliphatic heterocycles. The second-order valence-corrected chi connectivity index (χ2v) is 9.74. The lowest BCUT2D eigenvalue weighted by molar-refractivity contribution is -0.157. The Morgan fingerprint density at radius 1 is 0.914 bits per heavy atom. The van der Waals surface area contributed by atoms with Crippen LogP contribution >= 0.6 is 0 Å². The zero-order valence-corrected chi connectivity index (χ0v) is 21.3. The summed E-state index contributed by atoms with van der Waals surface area (Å²) in [5, 5.41) is 21.2. The monoisotopic (exact) mass is 486 g/mol. The van der Waals surface area contributed by atoms with Gasteiger partial charge in [0.2, 0.25) is 0 Å². The molecule has 8 heteroatoms. The molecule has 2 aromatic rings. The minimum Gasteiger partial charge on any atom is -0.458 e. The number of aliphatic hydroxyl groups is 2. The van der Waals surface area contributed by atoms with Crippen molar-refractivity contribution in [2.75, 3.05) is 31.2 Å². The molecule has 0 saturated carbocycles. The van der Waals surface area contributed by atoms with Crippen LogP contribution in [0, 0.1) is 5.92 Å². The van der Waals surface area contributed by atoms with Crippen molar-refractivity contribution in [3.05, 3.63) is 54.1 Å². The van der Waals surface area contributed by atoms with E-state index in [1.807, 2.05) is 30.9 Å². The fourth-order valence-electron chi connectivity index (χ4n) is 3.45. The van der Waals surface area contributed by atoms with E-state index in [2.05, 4.69) is 5.32 Å². The van der Waals surface area contributed by atoms with Gasteiger partial charge in [-0.2, -0.15) is 0 Å². The predicted octanol–water partition coefficient (Wildman–Crippen LogP) is 3.76. The summed E-state index contributed by atoms with van der Waals surface area (Å²) in [7, 11) is 0. The number of aliphatic hydroxyl groups excluding tert-OH is 2. The van der Waals surface area contributed by atoms with E-state index >= 15 is 0 Å². The highest BCUT2D eigenvalue weighted by atomic mass is 16.6. The number of carbonyl (C=O) groups excluding carboxylic acids is 2. The largest absolute Gasteiger partial charge is 0.458 e. The first-order chi connectivity index (χ1) is 16.5. The molecule has 0 spiro atoms. The van der Waals surface area contributed by atoms with Gasteiger partial charge in [-0.1, -0.05) is 13.8 Å². The Kier molecular flexibility index (Phi) is 10.5. The molecule has 1 atom stereocenters. The molecule has 192 valence electrons. The number of nitrogens with one attached hydrogen (secondary N) is 1. The molecular weight excluding hydrogens is 448 g/mol. The lowest BCUT2D eigenvalue weighted by Gasteiger charge is -2.25. The number of hydrogen-bond acceptors (Lipinski definition) is 7. The molecule has 2 aromatic carbocycles. The summed E-state index contributed by atoms with van der Waals surface area (Å²) >= 11 is 0. The Morgan fingerprint density at radius 3 is 1.89 bits per heavy atom. The third-order valence-corrected chi connectivity index (χ3v) is 5.00. The Labute approximate surface area is 207 Å². The molecule has 0 unspecified atom stereocenters. The van der Waals surface area contributed by atoms with Crippen LogP contribution in [0.15, 0.2) is 48.5 Å². The zero-order valence-electron chi connectivity index (χ0n) is 21.3. The average molecular weight is 487 g/mol. The molecule has 8 nitrogen and oxygen atoms in total. The summed E-state index contributed by atoms with van der Waals surface area (Å²) < 4.78 is 11.3. The fraction of sp³-hybridized carbons (Fsp3) is 0.481. The second-order valence-electron chi connectivity index (χ2n) is 9.74. The lowest BCUT2D eigenvalue weighted by Crippen LogP contribution is -2.44. The van der Waals surface area contributed by atoms with E-state index in [9.17, 15) is 19.8 Å². The molecule has 0 saturated heterocycles. The van der Waals surface area contributed by atoms with Gasteiger partial charge in [-0.3, -0.25) is 4.79 Å². The predicted molar refractivity (Wildman–Crippen MR) is 136 cm³/mol. The van der Waals surface area contributed by atoms with Gasteiger partial charge in [0.05, 0.1) is 13.2 Å². The van der Waals surface area contributed by atoms with Crippen LogP contribution in [0.5, 0.6) is 11.5 Å². The van der Waals surface area contributed by atoms with Crippen LogP contribution in [0.25, 0.3) is 0 Å². The van der Waals surface area contributed by atoms with Crippen molar-refractivity contribution in [3.8, 4) is 11.5 Å². The third kappa shape index (κ3) is 9.58. The maximum Gasteiger partial charge on any atom is 0.329 e. The molecule has 2 rings (SSSR count). The molecule has 0 heterocycles. The van der Waals surface area contributed by atoms with Crippen molar-refractivity contribution in [1.29, 1.82) is 0 Å². The molecule has 0 radical (unpaired) electrons. The topological polar surface area (TPSA) is 108 Å². The van der Waals surface area contributed by atoms with Gasteiger partial charge in [0, 0.05) is 24.3 Å². The van der Waals surface area contributed by atoms with Gasteiger partial charge in [-0.05, 0) is 81.6 Å². The van der Waals surface area contributed by atoms with Gasteiger partial charge in [0.25, 0.3) is 5.91 Å². The van der Waals surface area contributed by atoms with E-state index in [1.54, 1.807) is 57.2 Å². The molecule has 0 bridgehead atoms. The Hall–Kier alpha value is -3.10. The molecule has 0 aliphatic carbocycles. The van der Waals surface area contributed by atoms with Crippen LogP contribution < -0.4 is 15.0 Å². The van der Waals surface area contributed by atoms with Gasteiger partial charge in [-0.25, -0.2) is 4.79 Å². The summed E-state index contributed by atoms with van der Waals surface area (Å²) in [5.74, 6) is 0.572. The van der Waals surface area contributed by atoms with Crippen LogP contribution in [0.3, 0.4) is 0 Å². The van der Waals surface area contributed by atoms with E-state index < -0.39 is 17.6 Å². The van der Waals surface area contributed by atoms with Crippen molar-refractivity contribution < 1.29 is 29.3 Å². The molecule has 0 aromatic heterocycles. The summed E-state index contributed by atoms with van der Waals surface area (Å²) in [4.78, 5) is 27.2. The second kappa shape index (κ2) is 13.1. The number of amides is 1.